The van der Waals surface area contributed by atoms with Crippen LogP contribution in [-0.4, -0.2) is 9.78 Å². The first-order valence-electron chi connectivity index (χ1n) is 4.27. The van der Waals surface area contributed by atoms with Crippen LogP contribution in [0.15, 0.2) is 35.1 Å². The van der Waals surface area contributed by atoms with Crippen molar-refractivity contribution >= 4 is 50.1 Å². The zero-order valence-corrected chi connectivity index (χ0v) is 12.1. The van der Waals surface area contributed by atoms with Gasteiger partial charge in [-0.2, -0.15) is 5.10 Å². The summed E-state index contributed by atoms with van der Waals surface area (Å²) in [5, 5.41) is 4.97. The molecule has 2 rings (SSSR count). The van der Waals surface area contributed by atoms with E-state index in [1.807, 2.05) is 35.3 Å². The number of hydrogen-bond donors (Lipinski definition) is 0. The highest BCUT2D eigenvalue weighted by atomic mass is 127. The largest absolute Gasteiger partial charge is 0.267 e. The third-order valence-electron chi connectivity index (χ3n) is 1.94. The Morgan fingerprint density at radius 2 is 2.27 bits per heavy atom. The van der Waals surface area contributed by atoms with Crippen LogP contribution in [-0.2, 0) is 6.54 Å². The van der Waals surface area contributed by atoms with Crippen molar-refractivity contribution in [3.8, 4) is 0 Å². The van der Waals surface area contributed by atoms with E-state index in [0.717, 1.165) is 25.2 Å². The van der Waals surface area contributed by atoms with Crippen molar-refractivity contribution in [3.05, 3.63) is 49.2 Å². The Morgan fingerprint density at radius 1 is 1.47 bits per heavy atom. The fourth-order valence-electron chi connectivity index (χ4n) is 1.26. The molecule has 1 aromatic heterocycles. The SMILES string of the molecule is Clc1ccc(Br)c(Cn2cc(I)cn2)c1. The molecule has 0 saturated carbocycles. The highest BCUT2D eigenvalue weighted by molar-refractivity contribution is 14.1. The number of halogens is 3. The summed E-state index contributed by atoms with van der Waals surface area (Å²) in [7, 11) is 0. The highest BCUT2D eigenvalue weighted by Gasteiger charge is 2.03. The molecule has 0 fully saturated rings. The van der Waals surface area contributed by atoms with Crippen LogP contribution >= 0.6 is 50.1 Å². The summed E-state index contributed by atoms with van der Waals surface area (Å²) in [5.74, 6) is 0. The molecule has 2 aromatic rings. The second-order valence-electron chi connectivity index (χ2n) is 3.09. The molecule has 5 heteroatoms. The molecule has 0 N–H and O–H groups in total. The normalized spacial score (nSPS) is 10.6. The van der Waals surface area contributed by atoms with Crippen LogP contribution in [0.5, 0.6) is 0 Å². The highest BCUT2D eigenvalue weighted by Crippen LogP contribution is 2.22. The molecule has 0 radical (unpaired) electrons. The van der Waals surface area contributed by atoms with Crippen LogP contribution in [0.1, 0.15) is 5.56 Å². The van der Waals surface area contributed by atoms with Crippen molar-refractivity contribution in [2.45, 2.75) is 6.54 Å². The number of rotatable bonds is 2. The van der Waals surface area contributed by atoms with Gasteiger partial charge in [0.1, 0.15) is 0 Å². The average Bonchev–Trinajstić information content (AvgIpc) is 2.58. The molecule has 0 amide bonds. The molecule has 0 aliphatic carbocycles. The Labute approximate surface area is 115 Å². The Bertz CT molecular complexity index is 484. The maximum atomic E-state index is 5.94. The van der Waals surface area contributed by atoms with Gasteiger partial charge < -0.3 is 0 Å². The topological polar surface area (TPSA) is 17.8 Å². The molecular formula is C10H7BrClIN2. The van der Waals surface area contributed by atoms with Crippen molar-refractivity contribution in [3.63, 3.8) is 0 Å². The van der Waals surface area contributed by atoms with Crippen molar-refractivity contribution < 1.29 is 0 Å². The van der Waals surface area contributed by atoms with Crippen LogP contribution in [0.2, 0.25) is 5.02 Å². The quantitative estimate of drug-likeness (QED) is 0.702. The lowest BCUT2D eigenvalue weighted by Gasteiger charge is -2.05. The van der Waals surface area contributed by atoms with E-state index in [9.17, 15) is 0 Å². The molecule has 1 heterocycles. The zero-order valence-electron chi connectivity index (χ0n) is 7.62. The lowest BCUT2D eigenvalue weighted by molar-refractivity contribution is 0.685. The molecule has 2 nitrogen and oxygen atoms in total. The van der Waals surface area contributed by atoms with Gasteiger partial charge in [0.25, 0.3) is 0 Å². The van der Waals surface area contributed by atoms with Crippen molar-refractivity contribution in [1.29, 1.82) is 0 Å². The Balaban J connectivity index is 2.27. The third kappa shape index (κ3) is 2.95. The summed E-state index contributed by atoms with van der Waals surface area (Å²) in [6.07, 6.45) is 3.83. The minimum Gasteiger partial charge on any atom is -0.267 e. The number of nitrogens with zero attached hydrogens (tertiary/aromatic N) is 2. The standard InChI is InChI=1S/C10H7BrClIN2/c11-10-2-1-8(12)3-7(10)5-15-6-9(13)4-14-15/h1-4,6H,5H2. The van der Waals surface area contributed by atoms with Gasteiger partial charge in [0, 0.05) is 15.7 Å². The molecule has 78 valence electrons. The first kappa shape index (κ1) is 11.4. The van der Waals surface area contributed by atoms with Crippen LogP contribution < -0.4 is 0 Å². The maximum absolute atomic E-state index is 5.94. The Hall–Kier alpha value is -0.0700. The van der Waals surface area contributed by atoms with Crippen LogP contribution in [0.3, 0.4) is 0 Å². The fourth-order valence-corrected chi connectivity index (χ4v) is 2.28. The smallest absolute Gasteiger partial charge is 0.0671 e. The first-order valence-corrected chi connectivity index (χ1v) is 6.52. The minimum atomic E-state index is 0.726. The molecule has 0 aliphatic heterocycles. The van der Waals surface area contributed by atoms with Gasteiger partial charge in [0.05, 0.1) is 16.3 Å². The Kier molecular flexibility index (Phi) is 3.69. The van der Waals surface area contributed by atoms with Gasteiger partial charge in [-0.3, -0.25) is 4.68 Å². The second-order valence-corrected chi connectivity index (χ2v) is 5.63. The number of benzene rings is 1. The predicted molar refractivity (Wildman–Crippen MR) is 73.2 cm³/mol. The van der Waals surface area contributed by atoms with Crippen molar-refractivity contribution in [2.75, 3.05) is 0 Å². The van der Waals surface area contributed by atoms with Crippen LogP contribution in [0, 0.1) is 3.57 Å². The van der Waals surface area contributed by atoms with E-state index in [0.29, 0.717) is 0 Å². The lowest BCUT2D eigenvalue weighted by atomic mass is 10.2. The van der Waals surface area contributed by atoms with Crippen molar-refractivity contribution in [2.24, 2.45) is 0 Å². The first-order chi connectivity index (χ1) is 7.15. The number of aromatic nitrogens is 2. The fraction of sp³-hybridized carbons (Fsp3) is 0.100. The van der Waals surface area contributed by atoms with Gasteiger partial charge in [-0.1, -0.05) is 27.5 Å². The van der Waals surface area contributed by atoms with Crippen molar-refractivity contribution in [1.82, 2.24) is 9.78 Å². The predicted octanol–water partition coefficient (Wildman–Crippen LogP) is 3.95. The zero-order chi connectivity index (χ0) is 10.8. The second kappa shape index (κ2) is 4.84. The minimum absolute atomic E-state index is 0.726. The maximum Gasteiger partial charge on any atom is 0.0671 e. The van der Waals surface area contributed by atoms with E-state index in [-0.39, 0.29) is 0 Å². The van der Waals surface area contributed by atoms with Crippen LogP contribution in [0.4, 0.5) is 0 Å². The summed E-state index contributed by atoms with van der Waals surface area (Å²) in [6, 6.07) is 5.76. The lowest BCUT2D eigenvalue weighted by Crippen LogP contribution is -2.00. The molecule has 0 saturated heterocycles. The third-order valence-corrected chi connectivity index (χ3v) is 3.51. The summed E-state index contributed by atoms with van der Waals surface area (Å²) in [4.78, 5) is 0. The summed E-state index contributed by atoms with van der Waals surface area (Å²) in [6.45, 7) is 0.726. The molecule has 0 bridgehead atoms. The van der Waals surface area contributed by atoms with E-state index < -0.39 is 0 Å². The van der Waals surface area contributed by atoms with Gasteiger partial charge in [0.2, 0.25) is 0 Å². The number of hydrogen-bond acceptors (Lipinski definition) is 1. The van der Waals surface area contributed by atoms with Crippen LogP contribution in [0.25, 0.3) is 0 Å². The summed E-state index contributed by atoms with van der Waals surface area (Å²) < 4.78 is 4.07. The molecule has 15 heavy (non-hydrogen) atoms. The molecule has 0 unspecified atom stereocenters. The molecule has 0 atom stereocenters. The van der Waals surface area contributed by atoms with Gasteiger partial charge in [0.15, 0.2) is 0 Å². The average molecular weight is 397 g/mol. The summed E-state index contributed by atoms with van der Waals surface area (Å²) in [5.41, 5.74) is 1.13. The van der Waals surface area contributed by atoms with E-state index in [4.69, 9.17) is 11.6 Å². The van der Waals surface area contributed by atoms with Gasteiger partial charge in [-0.15, -0.1) is 0 Å². The van der Waals surface area contributed by atoms with Gasteiger partial charge >= 0.3 is 0 Å². The molecule has 0 spiro atoms. The van der Waals surface area contributed by atoms with E-state index in [1.165, 1.54) is 0 Å². The summed E-state index contributed by atoms with van der Waals surface area (Å²) >= 11 is 11.7. The molecule has 0 aliphatic rings. The van der Waals surface area contributed by atoms with E-state index >= 15 is 0 Å². The monoisotopic (exact) mass is 396 g/mol. The molecular weight excluding hydrogens is 390 g/mol. The van der Waals surface area contributed by atoms with Gasteiger partial charge in [-0.25, -0.2) is 0 Å². The molecule has 1 aromatic carbocycles. The Morgan fingerprint density at radius 3 is 2.93 bits per heavy atom. The van der Waals surface area contributed by atoms with Gasteiger partial charge in [-0.05, 0) is 46.4 Å². The van der Waals surface area contributed by atoms with E-state index in [2.05, 4.69) is 43.6 Å². The van der Waals surface area contributed by atoms with E-state index in [1.54, 1.807) is 0 Å².